The summed E-state index contributed by atoms with van der Waals surface area (Å²) in [6, 6.07) is 9.20. The number of nitrogens with one attached hydrogen (secondary N) is 1. The summed E-state index contributed by atoms with van der Waals surface area (Å²) >= 11 is 0. The zero-order valence-corrected chi connectivity index (χ0v) is 12.9. The SMILES string of the molecule is CCc1c(C)[nH]n2c(=O)cc(Cn3nc4ccccc4n3)nc12. The standard InChI is InChI=1S/C16H16N6O/c1-3-12-10(2)18-22-15(23)8-11(17-16(12)22)9-21-19-13-6-4-5-7-14(13)20-21/h4-8,18H,3,9H2,1-2H3. The summed E-state index contributed by atoms with van der Waals surface area (Å²) in [5.74, 6) is 0. The van der Waals surface area contributed by atoms with Crippen molar-refractivity contribution in [3.05, 3.63) is 57.6 Å². The number of benzene rings is 1. The van der Waals surface area contributed by atoms with E-state index in [0.29, 0.717) is 17.9 Å². The Hall–Kier alpha value is -2.96. The average molecular weight is 308 g/mol. The van der Waals surface area contributed by atoms with Crippen LogP contribution in [0.5, 0.6) is 0 Å². The third-order valence-electron chi connectivity index (χ3n) is 3.96. The predicted molar refractivity (Wildman–Crippen MR) is 86.6 cm³/mol. The lowest BCUT2D eigenvalue weighted by atomic mass is 10.2. The summed E-state index contributed by atoms with van der Waals surface area (Å²) in [6.07, 6.45) is 0.818. The summed E-state index contributed by atoms with van der Waals surface area (Å²) in [5, 5.41) is 11.9. The van der Waals surface area contributed by atoms with E-state index in [1.165, 1.54) is 10.6 Å². The molecule has 0 atom stereocenters. The van der Waals surface area contributed by atoms with Gasteiger partial charge < -0.3 is 0 Å². The van der Waals surface area contributed by atoms with Crippen LogP contribution in [0.4, 0.5) is 0 Å². The molecule has 0 aliphatic heterocycles. The highest BCUT2D eigenvalue weighted by molar-refractivity contribution is 5.72. The molecule has 0 aliphatic carbocycles. The summed E-state index contributed by atoms with van der Waals surface area (Å²) < 4.78 is 1.49. The highest BCUT2D eigenvalue weighted by atomic mass is 16.1. The van der Waals surface area contributed by atoms with Gasteiger partial charge in [-0.3, -0.25) is 9.89 Å². The Kier molecular flexibility index (Phi) is 3.00. The number of fused-ring (bicyclic) bond motifs is 2. The summed E-state index contributed by atoms with van der Waals surface area (Å²) in [7, 11) is 0. The van der Waals surface area contributed by atoms with Crippen molar-refractivity contribution in [1.29, 1.82) is 0 Å². The largest absolute Gasteiger partial charge is 0.294 e. The Morgan fingerprint density at radius 1 is 1.17 bits per heavy atom. The van der Waals surface area contributed by atoms with Crippen molar-refractivity contribution in [2.45, 2.75) is 26.8 Å². The van der Waals surface area contributed by atoms with E-state index in [1.54, 1.807) is 4.80 Å². The molecule has 7 heteroatoms. The molecular weight excluding hydrogens is 292 g/mol. The molecule has 1 N–H and O–H groups in total. The molecule has 0 unspecified atom stereocenters. The minimum absolute atomic E-state index is 0.121. The smallest absolute Gasteiger partial charge is 0.272 e. The number of hydrogen-bond acceptors (Lipinski definition) is 4. The van der Waals surface area contributed by atoms with E-state index in [4.69, 9.17) is 0 Å². The van der Waals surface area contributed by atoms with Gasteiger partial charge in [0.15, 0.2) is 5.65 Å². The second-order valence-electron chi connectivity index (χ2n) is 5.53. The van der Waals surface area contributed by atoms with Crippen LogP contribution in [0.3, 0.4) is 0 Å². The number of H-pyrrole nitrogens is 1. The van der Waals surface area contributed by atoms with Crippen molar-refractivity contribution in [3.63, 3.8) is 0 Å². The Bertz CT molecular complexity index is 1040. The van der Waals surface area contributed by atoms with E-state index in [-0.39, 0.29) is 5.56 Å². The van der Waals surface area contributed by atoms with Crippen LogP contribution in [-0.2, 0) is 13.0 Å². The van der Waals surface area contributed by atoms with Crippen molar-refractivity contribution >= 4 is 16.7 Å². The van der Waals surface area contributed by atoms with Crippen LogP contribution < -0.4 is 5.56 Å². The minimum Gasteiger partial charge on any atom is -0.294 e. The van der Waals surface area contributed by atoms with Gasteiger partial charge in [-0.1, -0.05) is 19.1 Å². The monoisotopic (exact) mass is 308 g/mol. The topological polar surface area (TPSA) is 80.9 Å². The van der Waals surface area contributed by atoms with E-state index in [1.807, 2.05) is 31.2 Å². The fourth-order valence-corrected chi connectivity index (χ4v) is 2.87. The lowest BCUT2D eigenvalue weighted by Gasteiger charge is -2.01. The fraction of sp³-hybridized carbons (Fsp3) is 0.250. The second-order valence-corrected chi connectivity index (χ2v) is 5.53. The Labute approximate surface area is 131 Å². The molecule has 0 saturated carbocycles. The first kappa shape index (κ1) is 13.7. The molecule has 3 heterocycles. The van der Waals surface area contributed by atoms with Gasteiger partial charge in [0.2, 0.25) is 0 Å². The maximum absolute atomic E-state index is 12.3. The molecule has 0 saturated heterocycles. The number of rotatable bonds is 3. The Morgan fingerprint density at radius 2 is 1.87 bits per heavy atom. The lowest BCUT2D eigenvalue weighted by Crippen LogP contribution is -2.17. The molecule has 0 amide bonds. The van der Waals surface area contributed by atoms with Gasteiger partial charge in [0, 0.05) is 17.3 Å². The molecule has 4 rings (SSSR count). The van der Waals surface area contributed by atoms with Crippen molar-refractivity contribution in [1.82, 2.24) is 29.6 Å². The molecule has 0 fully saturated rings. The number of nitrogens with zero attached hydrogens (tertiary/aromatic N) is 5. The molecule has 7 nitrogen and oxygen atoms in total. The van der Waals surface area contributed by atoms with E-state index in [9.17, 15) is 4.79 Å². The first-order valence-electron chi connectivity index (χ1n) is 7.55. The molecule has 23 heavy (non-hydrogen) atoms. The van der Waals surface area contributed by atoms with Crippen LogP contribution in [0.25, 0.3) is 16.7 Å². The summed E-state index contributed by atoms with van der Waals surface area (Å²) in [6.45, 7) is 4.37. The van der Waals surface area contributed by atoms with Gasteiger partial charge in [-0.05, 0) is 25.5 Å². The number of aryl methyl sites for hydroxylation is 2. The van der Waals surface area contributed by atoms with Crippen LogP contribution in [0.2, 0.25) is 0 Å². The van der Waals surface area contributed by atoms with Gasteiger partial charge in [0.05, 0.1) is 5.69 Å². The molecule has 4 aromatic rings. The number of aromatic amines is 1. The average Bonchev–Trinajstić information content (AvgIpc) is 3.07. The lowest BCUT2D eigenvalue weighted by molar-refractivity contribution is 0.589. The quantitative estimate of drug-likeness (QED) is 0.624. The first-order chi connectivity index (χ1) is 11.2. The van der Waals surface area contributed by atoms with E-state index < -0.39 is 0 Å². The van der Waals surface area contributed by atoms with Crippen molar-refractivity contribution in [2.75, 3.05) is 0 Å². The molecule has 0 radical (unpaired) electrons. The van der Waals surface area contributed by atoms with Gasteiger partial charge in [0.25, 0.3) is 5.56 Å². The van der Waals surface area contributed by atoms with Crippen LogP contribution in [0.15, 0.2) is 35.1 Å². The van der Waals surface area contributed by atoms with Crippen LogP contribution >= 0.6 is 0 Å². The molecule has 0 spiro atoms. The predicted octanol–water partition coefficient (Wildman–Crippen LogP) is 1.69. The van der Waals surface area contributed by atoms with Gasteiger partial charge in [-0.15, -0.1) is 0 Å². The third kappa shape index (κ3) is 2.21. The Morgan fingerprint density at radius 3 is 2.52 bits per heavy atom. The van der Waals surface area contributed by atoms with Crippen molar-refractivity contribution < 1.29 is 0 Å². The maximum atomic E-state index is 12.3. The second kappa shape index (κ2) is 5.05. The maximum Gasteiger partial charge on any atom is 0.272 e. The van der Waals surface area contributed by atoms with Gasteiger partial charge >= 0.3 is 0 Å². The zero-order chi connectivity index (χ0) is 16.0. The summed E-state index contributed by atoms with van der Waals surface area (Å²) in [4.78, 5) is 18.5. The highest BCUT2D eigenvalue weighted by Gasteiger charge is 2.12. The molecule has 1 aromatic carbocycles. The highest BCUT2D eigenvalue weighted by Crippen LogP contribution is 2.13. The van der Waals surface area contributed by atoms with Crippen LogP contribution in [0.1, 0.15) is 23.9 Å². The minimum atomic E-state index is -0.121. The zero-order valence-electron chi connectivity index (χ0n) is 12.9. The van der Waals surface area contributed by atoms with Crippen molar-refractivity contribution in [2.24, 2.45) is 0 Å². The van der Waals surface area contributed by atoms with Gasteiger partial charge in [0.1, 0.15) is 17.6 Å². The Balaban J connectivity index is 1.80. The van der Waals surface area contributed by atoms with E-state index in [0.717, 1.165) is 28.7 Å². The van der Waals surface area contributed by atoms with Crippen LogP contribution in [0, 0.1) is 6.92 Å². The van der Waals surface area contributed by atoms with Crippen LogP contribution in [-0.4, -0.2) is 29.6 Å². The van der Waals surface area contributed by atoms with Gasteiger partial charge in [-0.25, -0.2) is 9.50 Å². The number of aromatic nitrogens is 6. The third-order valence-corrected chi connectivity index (χ3v) is 3.96. The first-order valence-corrected chi connectivity index (χ1v) is 7.55. The summed E-state index contributed by atoms with van der Waals surface area (Å²) in [5.41, 5.74) is 4.91. The normalized spacial score (nSPS) is 11.6. The molecule has 3 aromatic heterocycles. The number of hydrogen-bond donors (Lipinski definition) is 1. The molecule has 0 bridgehead atoms. The van der Waals surface area contributed by atoms with Gasteiger partial charge in [-0.2, -0.15) is 15.0 Å². The molecule has 116 valence electrons. The van der Waals surface area contributed by atoms with E-state index in [2.05, 4.69) is 27.2 Å². The molecule has 0 aliphatic rings. The van der Waals surface area contributed by atoms with Crippen molar-refractivity contribution in [3.8, 4) is 0 Å². The fourth-order valence-electron chi connectivity index (χ4n) is 2.87. The van der Waals surface area contributed by atoms with E-state index >= 15 is 0 Å². The molecular formula is C16H16N6O.